The predicted octanol–water partition coefficient (Wildman–Crippen LogP) is 3.07. The molecule has 0 fully saturated rings. The van der Waals surface area contributed by atoms with Crippen LogP contribution in [0.2, 0.25) is 0 Å². The maximum absolute atomic E-state index is 12.0. The van der Waals surface area contributed by atoms with Gasteiger partial charge in [-0.3, -0.25) is 14.9 Å². The van der Waals surface area contributed by atoms with Gasteiger partial charge >= 0.3 is 5.97 Å². The molecule has 0 spiro atoms. The van der Waals surface area contributed by atoms with E-state index in [4.69, 9.17) is 9.15 Å². The second-order valence-electron chi connectivity index (χ2n) is 4.75. The van der Waals surface area contributed by atoms with Crippen LogP contribution in [-0.4, -0.2) is 45.2 Å². The Morgan fingerprint density at radius 2 is 2.08 bits per heavy atom. The monoisotopic (exact) mass is 410 g/mol. The molecule has 0 unspecified atom stereocenters. The van der Waals surface area contributed by atoms with Gasteiger partial charge in [0.1, 0.15) is 5.52 Å². The van der Waals surface area contributed by atoms with Gasteiger partial charge in [0.25, 0.3) is 5.22 Å². The lowest BCUT2D eigenvalue weighted by Crippen LogP contribution is -2.13. The van der Waals surface area contributed by atoms with Crippen LogP contribution in [-0.2, 0) is 14.3 Å². The number of carbonyl (C=O) groups excluding carboxylic acids is 2. The first-order chi connectivity index (χ1) is 12.6. The number of ether oxygens (including phenoxy) is 1. The zero-order valence-electron chi connectivity index (χ0n) is 13.6. The third-order valence-corrected chi connectivity index (χ3v) is 5.65. The molecule has 0 atom stereocenters. The van der Waals surface area contributed by atoms with Crippen LogP contribution in [0, 0.1) is 0 Å². The van der Waals surface area contributed by atoms with Crippen LogP contribution in [0.4, 0.5) is 5.13 Å². The van der Waals surface area contributed by atoms with Gasteiger partial charge in [-0.2, -0.15) is 0 Å². The Morgan fingerprint density at radius 1 is 1.23 bits per heavy atom. The summed E-state index contributed by atoms with van der Waals surface area (Å²) in [5.41, 5.74) is 1.44. The van der Waals surface area contributed by atoms with E-state index in [-0.39, 0.29) is 23.4 Å². The van der Waals surface area contributed by atoms with Gasteiger partial charge in [0.2, 0.25) is 11.0 Å². The van der Waals surface area contributed by atoms with Crippen LogP contribution in [0.1, 0.15) is 6.92 Å². The number of aromatic nitrogens is 3. The molecule has 0 aliphatic carbocycles. The highest BCUT2D eigenvalue weighted by atomic mass is 32.2. The number of thioether (sulfide) groups is 2. The van der Waals surface area contributed by atoms with Crippen molar-refractivity contribution < 1.29 is 18.7 Å². The highest BCUT2D eigenvalue weighted by molar-refractivity contribution is 8.01. The van der Waals surface area contributed by atoms with Gasteiger partial charge in [0.05, 0.1) is 18.1 Å². The minimum atomic E-state index is -0.312. The fourth-order valence-electron chi connectivity index (χ4n) is 1.84. The third-order valence-electron chi connectivity index (χ3n) is 2.87. The van der Waals surface area contributed by atoms with Crippen molar-refractivity contribution in [1.29, 1.82) is 0 Å². The number of anilines is 1. The lowest BCUT2D eigenvalue weighted by molar-refractivity contribution is -0.139. The molecule has 26 heavy (non-hydrogen) atoms. The minimum absolute atomic E-state index is 0.137. The van der Waals surface area contributed by atoms with E-state index in [9.17, 15) is 9.59 Å². The first-order valence-corrected chi connectivity index (χ1v) is 10.3. The molecule has 0 aliphatic heterocycles. The van der Waals surface area contributed by atoms with Crippen molar-refractivity contribution in [2.75, 3.05) is 23.4 Å². The number of rotatable bonds is 8. The quantitative estimate of drug-likeness (QED) is 0.340. The van der Waals surface area contributed by atoms with E-state index in [2.05, 4.69) is 20.5 Å². The SMILES string of the molecule is CCOC(=O)CSc1nnc(NC(=O)CSc2nc3ccccc3o2)s1. The van der Waals surface area contributed by atoms with Crippen LogP contribution in [0.15, 0.2) is 38.2 Å². The number of fused-ring (bicyclic) bond motifs is 1. The summed E-state index contributed by atoms with van der Waals surface area (Å²) in [6.07, 6.45) is 0. The number of hydrogen-bond donors (Lipinski definition) is 1. The molecule has 1 amide bonds. The van der Waals surface area contributed by atoms with Crippen molar-refractivity contribution in [3.8, 4) is 0 Å². The van der Waals surface area contributed by atoms with Gasteiger partial charge < -0.3 is 9.15 Å². The number of carbonyl (C=O) groups is 2. The van der Waals surface area contributed by atoms with Crippen molar-refractivity contribution in [3.63, 3.8) is 0 Å². The first kappa shape index (κ1) is 18.7. The molecule has 2 aromatic heterocycles. The summed E-state index contributed by atoms with van der Waals surface area (Å²) in [4.78, 5) is 27.6. The molecule has 3 rings (SSSR count). The van der Waals surface area contributed by atoms with Crippen molar-refractivity contribution in [2.24, 2.45) is 0 Å². The largest absolute Gasteiger partial charge is 0.465 e. The molecule has 3 aromatic rings. The lowest BCUT2D eigenvalue weighted by atomic mass is 10.3. The molecule has 0 radical (unpaired) electrons. The average Bonchev–Trinajstić information content (AvgIpc) is 3.24. The Hall–Kier alpha value is -2.11. The zero-order chi connectivity index (χ0) is 18.4. The van der Waals surface area contributed by atoms with Crippen molar-refractivity contribution in [3.05, 3.63) is 24.3 Å². The van der Waals surface area contributed by atoms with E-state index in [1.54, 1.807) is 6.92 Å². The Kier molecular flexibility index (Phi) is 6.47. The summed E-state index contributed by atoms with van der Waals surface area (Å²) < 4.78 is 11.0. The summed E-state index contributed by atoms with van der Waals surface area (Å²) in [5.74, 6) is -0.259. The topological polar surface area (TPSA) is 107 Å². The van der Waals surface area contributed by atoms with Gasteiger partial charge in [0.15, 0.2) is 9.92 Å². The number of nitrogens with zero attached hydrogens (tertiary/aromatic N) is 3. The summed E-state index contributed by atoms with van der Waals surface area (Å²) in [5, 5.41) is 11.3. The molecule has 2 heterocycles. The highest BCUT2D eigenvalue weighted by Gasteiger charge is 2.13. The van der Waals surface area contributed by atoms with E-state index >= 15 is 0 Å². The van der Waals surface area contributed by atoms with Gasteiger partial charge in [-0.15, -0.1) is 10.2 Å². The Bertz CT molecular complexity index is 878. The second kappa shape index (κ2) is 9.01. The Morgan fingerprint density at radius 3 is 2.88 bits per heavy atom. The van der Waals surface area contributed by atoms with Gasteiger partial charge in [-0.1, -0.05) is 47.0 Å². The molecular formula is C15H14N4O4S3. The highest BCUT2D eigenvalue weighted by Crippen LogP contribution is 2.26. The number of hydrogen-bond acceptors (Lipinski definition) is 10. The summed E-state index contributed by atoms with van der Waals surface area (Å²) in [6.45, 7) is 2.09. The Labute approximate surface area is 161 Å². The molecule has 1 aromatic carbocycles. The van der Waals surface area contributed by atoms with Crippen LogP contribution in [0.25, 0.3) is 11.1 Å². The second-order valence-corrected chi connectivity index (χ2v) is 7.88. The molecule has 136 valence electrons. The molecule has 8 nitrogen and oxygen atoms in total. The normalized spacial score (nSPS) is 10.8. The molecule has 0 aliphatic rings. The fraction of sp³-hybridized carbons (Fsp3) is 0.267. The van der Waals surface area contributed by atoms with E-state index in [1.807, 2.05) is 24.3 Å². The molecule has 0 bridgehead atoms. The maximum atomic E-state index is 12.0. The summed E-state index contributed by atoms with van der Waals surface area (Å²) in [7, 11) is 0. The molecule has 0 saturated carbocycles. The smallest absolute Gasteiger partial charge is 0.316 e. The first-order valence-electron chi connectivity index (χ1n) is 7.54. The van der Waals surface area contributed by atoms with Gasteiger partial charge in [-0.05, 0) is 19.1 Å². The van der Waals surface area contributed by atoms with E-state index in [1.165, 1.54) is 34.9 Å². The Balaban J connectivity index is 1.46. The third kappa shape index (κ3) is 5.19. The van der Waals surface area contributed by atoms with E-state index in [0.717, 1.165) is 5.52 Å². The number of para-hydroxylation sites is 2. The van der Waals surface area contributed by atoms with Crippen molar-refractivity contribution in [1.82, 2.24) is 15.2 Å². The van der Waals surface area contributed by atoms with Gasteiger partial charge in [0, 0.05) is 0 Å². The summed E-state index contributed by atoms with van der Waals surface area (Å²) in [6, 6.07) is 7.41. The van der Waals surface area contributed by atoms with Crippen LogP contribution < -0.4 is 5.32 Å². The van der Waals surface area contributed by atoms with E-state index < -0.39 is 0 Å². The number of esters is 1. The van der Waals surface area contributed by atoms with Crippen LogP contribution in [0.5, 0.6) is 0 Å². The summed E-state index contributed by atoms with van der Waals surface area (Å²) >= 11 is 3.62. The van der Waals surface area contributed by atoms with Crippen molar-refractivity contribution in [2.45, 2.75) is 16.5 Å². The number of oxazole rings is 1. The van der Waals surface area contributed by atoms with Crippen LogP contribution >= 0.6 is 34.9 Å². The number of benzene rings is 1. The predicted molar refractivity (Wildman–Crippen MR) is 101 cm³/mol. The molecular weight excluding hydrogens is 396 g/mol. The average molecular weight is 411 g/mol. The van der Waals surface area contributed by atoms with E-state index in [0.29, 0.717) is 26.9 Å². The number of nitrogens with one attached hydrogen (secondary N) is 1. The minimum Gasteiger partial charge on any atom is -0.465 e. The van der Waals surface area contributed by atoms with Gasteiger partial charge in [-0.25, -0.2) is 4.98 Å². The maximum Gasteiger partial charge on any atom is 0.316 e. The fourth-order valence-corrected chi connectivity index (χ4v) is 4.04. The molecule has 11 heteroatoms. The number of amides is 1. The molecule has 1 N–H and O–H groups in total. The van der Waals surface area contributed by atoms with Crippen molar-refractivity contribution >= 4 is 63.0 Å². The lowest BCUT2D eigenvalue weighted by Gasteiger charge is -1.99. The van der Waals surface area contributed by atoms with Crippen LogP contribution in [0.3, 0.4) is 0 Å². The zero-order valence-corrected chi connectivity index (χ0v) is 16.1. The molecule has 0 saturated heterocycles. The standard InChI is InChI=1S/C15H14N4O4S3/c1-2-22-12(21)8-25-15-19-18-13(26-15)17-11(20)7-24-14-16-9-5-3-4-6-10(9)23-14/h3-6H,2,7-8H2,1H3,(H,17,18,20).